The van der Waals surface area contributed by atoms with Crippen LogP contribution in [0.2, 0.25) is 0 Å². The summed E-state index contributed by atoms with van der Waals surface area (Å²) in [6.07, 6.45) is 0. The second kappa shape index (κ2) is 8.18. The van der Waals surface area contributed by atoms with Crippen LogP contribution >= 0.6 is 23.7 Å². The van der Waals surface area contributed by atoms with Gasteiger partial charge in [0.05, 0.1) is 6.61 Å². The van der Waals surface area contributed by atoms with Crippen LogP contribution in [0.25, 0.3) is 10.8 Å². The first-order valence-electron chi connectivity index (χ1n) is 7.25. The molecule has 0 saturated carbocycles. The standard InChI is InChI=1S/C18H19NOS.ClH/c1-2-20-18-10-9-14-6-3-4-8-16(14)17(18)13-19-12-15-7-5-11-21-15;/h3-11,19H,2,12-13H2,1H3;1H. The van der Waals surface area contributed by atoms with Gasteiger partial charge >= 0.3 is 0 Å². The fourth-order valence-electron chi connectivity index (χ4n) is 2.51. The van der Waals surface area contributed by atoms with Gasteiger partial charge in [-0.3, -0.25) is 0 Å². The van der Waals surface area contributed by atoms with Crippen molar-refractivity contribution in [2.24, 2.45) is 0 Å². The fourth-order valence-corrected chi connectivity index (χ4v) is 3.19. The summed E-state index contributed by atoms with van der Waals surface area (Å²) in [5, 5.41) is 8.16. The van der Waals surface area contributed by atoms with E-state index >= 15 is 0 Å². The zero-order chi connectivity index (χ0) is 14.5. The molecule has 0 atom stereocenters. The Bertz CT molecular complexity index is 712. The molecule has 0 fully saturated rings. The molecule has 1 heterocycles. The average Bonchev–Trinajstić information content (AvgIpc) is 3.02. The van der Waals surface area contributed by atoms with Gasteiger partial charge in [0.15, 0.2) is 0 Å². The van der Waals surface area contributed by atoms with Crippen LogP contribution < -0.4 is 10.1 Å². The highest BCUT2D eigenvalue weighted by Crippen LogP contribution is 2.28. The number of nitrogens with one attached hydrogen (secondary N) is 1. The van der Waals surface area contributed by atoms with Crippen LogP contribution in [0.15, 0.2) is 53.9 Å². The Labute approximate surface area is 141 Å². The minimum absolute atomic E-state index is 0. The van der Waals surface area contributed by atoms with Gasteiger partial charge in [0.25, 0.3) is 0 Å². The summed E-state index contributed by atoms with van der Waals surface area (Å²) in [7, 11) is 0. The van der Waals surface area contributed by atoms with E-state index in [0.29, 0.717) is 6.61 Å². The minimum atomic E-state index is 0. The minimum Gasteiger partial charge on any atom is -0.494 e. The van der Waals surface area contributed by atoms with E-state index in [9.17, 15) is 0 Å². The van der Waals surface area contributed by atoms with E-state index in [1.54, 1.807) is 11.3 Å². The number of hydrogen-bond donors (Lipinski definition) is 1. The maximum Gasteiger partial charge on any atom is 0.124 e. The first-order valence-corrected chi connectivity index (χ1v) is 8.13. The zero-order valence-corrected chi connectivity index (χ0v) is 14.2. The van der Waals surface area contributed by atoms with Crippen LogP contribution in [0.1, 0.15) is 17.4 Å². The second-order valence-corrected chi connectivity index (χ2v) is 5.91. The summed E-state index contributed by atoms with van der Waals surface area (Å²) in [5.41, 5.74) is 1.24. The zero-order valence-electron chi connectivity index (χ0n) is 12.5. The van der Waals surface area contributed by atoms with Crippen LogP contribution in [-0.2, 0) is 13.1 Å². The normalized spacial score (nSPS) is 10.4. The van der Waals surface area contributed by atoms with E-state index in [1.807, 2.05) is 6.92 Å². The SMILES string of the molecule is CCOc1ccc2ccccc2c1CNCc1cccs1.Cl. The van der Waals surface area contributed by atoms with Crippen molar-refractivity contribution in [2.45, 2.75) is 20.0 Å². The number of ether oxygens (including phenoxy) is 1. The Hall–Kier alpha value is -1.55. The van der Waals surface area contributed by atoms with Crippen molar-refractivity contribution < 1.29 is 4.74 Å². The molecule has 3 rings (SSSR count). The summed E-state index contributed by atoms with van der Waals surface area (Å²) >= 11 is 1.78. The lowest BCUT2D eigenvalue weighted by atomic mass is 10.0. The van der Waals surface area contributed by atoms with Gasteiger partial charge in [-0.1, -0.05) is 36.4 Å². The van der Waals surface area contributed by atoms with Gasteiger partial charge in [-0.2, -0.15) is 0 Å². The van der Waals surface area contributed by atoms with Gasteiger partial charge in [-0.05, 0) is 35.2 Å². The van der Waals surface area contributed by atoms with Gasteiger partial charge in [0, 0.05) is 23.5 Å². The van der Waals surface area contributed by atoms with E-state index in [2.05, 4.69) is 59.2 Å². The highest BCUT2D eigenvalue weighted by Gasteiger charge is 2.08. The predicted molar refractivity (Wildman–Crippen MR) is 97.2 cm³/mol. The number of hydrogen-bond acceptors (Lipinski definition) is 3. The number of thiophene rings is 1. The molecule has 2 aromatic carbocycles. The highest BCUT2D eigenvalue weighted by molar-refractivity contribution is 7.09. The number of halogens is 1. The van der Waals surface area contributed by atoms with Crippen molar-refractivity contribution in [3.05, 3.63) is 64.4 Å². The fraction of sp³-hybridized carbons (Fsp3) is 0.222. The first kappa shape index (κ1) is 16.8. The molecular formula is C18H20ClNOS. The number of rotatable bonds is 6. The molecule has 1 aromatic heterocycles. The molecule has 2 nitrogen and oxygen atoms in total. The Kier molecular flexibility index (Phi) is 6.25. The van der Waals surface area contributed by atoms with Gasteiger partial charge in [0.1, 0.15) is 5.75 Å². The Morgan fingerprint density at radius 3 is 2.64 bits per heavy atom. The monoisotopic (exact) mass is 333 g/mol. The molecule has 0 saturated heterocycles. The molecule has 0 bridgehead atoms. The van der Waals surface area contributed by atoms with E-state index < -0.39 is 0 Å². The molecule has 0 radical (unpaired) electrons. The summed E-state index contributed by atoms with van der Waals surface area (Å²) in [4.78, 5) is 1.35. The second-order valence-electron chi connectivity index (χ2n) is 4.88. The lowest BCUT2D eigenvalue weighted by molar-refractivity contribution is 0.336. The van der Waals surface area contributed by atoms with Crippen LogP contribution in [0.3, 0.4) is 0 Å². The summed E-state index contributed by atoms with van der Waals surface area (Å²) < 4.78 is 5.80. The maximum absolute atomic E-state index is 5.80. The van der Waals surface area contributed by atoms with E-state index in [4.69, 9.17) is 4.74 Å². The first-order chi connectivity index (χ1) is 10.4. The van der Waals surface area contributed by atoms with Gasteiger partial charge in [-0.15, -0.1) is 23.7 Å². The van der Waals surface area contributed by atoms with Gasteiger partial charge in [-0.25, -0.2) is 0 Å². The van der Waals surface area contributed by atoms with Crippen LogP contribution in [0.5, 0.6) is 5.75 Å². The highest BCUT2D eigenvalue weighted by atomic mass is 35.5. The Morgan fingerprint density at radius 1 is 1.00 bits per heavy atom. The van der Waals surface area contributed by atoms with Crippen molar-refractivity contribution in [3.8, 4) is 5.75 Å². The largest absolute Gasteiger partial charge is 0.494 e. The molecule has 3 aromatic rings. The van der Waals surface area contributed by atoms with Crippen molar-refractivity contribution >= 4 is 34.5 Å². The van der Waals surface area contributed by atoms with E-state index in [-0.39, 0.29) is 12.4 Å². The van der Waals surface area contributed by atoms with Crippen LogP contribution in [-0.4, -0.2) is 6.61 Å². The molecule has 22 heavy (non-hydrogen) atoms. The molecule has 4 heteroatoms. The van der Waals surface area contributed by atoms with E-state index in [0.717, 1.165) is 18.8 Å². The Balaban J connectivity index is 0.00000176. The lowest BCUT2D eigenvalue weighted by Gasteiger charge is -2.14. The summed E-state index contributed by atoms with van der Waals surface area (Å²) in [6.45, 7) is 4.43. The quantitative estimate of drug-likeness (QED) is 0.684. The van der Waals surface area contributed by atoms with Gasteiger partial charge < -0.3 is 10.1 Å². The average molecular weight is 334 g/mol. The van der Waals surface area contributed by atoms with Crippen LogP contribution in [0.4, 0.5) is 0 Å². The molecule has 0 unspecified atom stereocenters. The maximum atomic E-state index is 5.80. The smallest absolute Gasteiger partial charge is 0.124 e. The number of fused-ring (bicyclic) bond motifs is 1. The Morgan fingerprint density at radius 2 is 1.86 bits per heavy atom. The molecule has 0 amide bonds. The third-order valence-corrected chi connectivity index (χ3v) is 4.35. The third kappa shape index (κ3) is 3.80. The molecular weight excluding hydrogens is 314 g/mol. The predicted octanol–water partition coefficient (Wildman–Crippen LogP) is 5.01. The van der Waals surface area contributed by atoms with Crippen molar-refractivity contribution in [1.29, 1.82) is 0 Å². The van der Waals surface area contributed by atoms with Gasteiger partial charge in [0.2, 0.25) is 0 Å². The number of benzene rings is 2. The van der Waals surface area contributed by atoms with Crippen LogP contribution in [0, 0.1) is 0 Å². The molecule has 0 aliphatic carbocycles. The summed E-state index contributed by atoms with van der Waals surface area (Å²) in [6, 6.07) is 16.9. The van der Waals surface area contributed by atoms with E-state index in [1.165, 1.54) is 21.2 Å². The summed E-state index contributed by atoms with van der Waals surface area (Å²) in [5.74, 6) is 0.981. The van der Waals surface area contributed by atoms with Crippen molar-refractivity contribution in [2.75, 3.05) is 6.61 Å². The molecule has 116 valence electrons. The molecule has 1 N–H and O–H groups in total. The lowest BCUT2D eigenvalue weighted by Crippen LogP contribution is -2.13. The third-order valence-electron chi connectivity index (χ3n) is 3.48. The van der Waals surface area contributed by atoms with Crippen molar-refractivity contribution in [3.63, 3.8) is 0 Å². The molecule has 0 aliphatic rings. The molecule has 0 aliphatic heterocycles. The van der Waals surface area contributed by atoms with Crippen molar-refractivity contribution in [1.82, 2.24) is 5.32 Å². The molecule has 0 spiro atoms. The topological polar surface area (TPSA) is 21.3 Å².